The van der Waals surface area contributed by atoms with E-state index in [1.54, 1.807) is 36.5 Å². The molecule has 0 saturated carbocycles. The first kappa shape index (κ1) is 17.5. The normalized spacial score (nSPS) is 10.8. The van der Waals surface area contributed by atoms with Crippen LogP contribution in [0.25, 0.3) is 11.2 Å². The van der Waals surface area contributed by atoms with Crippen molar-refractivity contribution in [1.29, 1.82) is 0 Å². The SMILES string of the molecule is Cc1ccc(C(=O)NCc2nc3ncccc3[nH]2)cc1NC(=O)c1ccco1. The molecule has 3 heterocycles. The molecule has 0 atom stereocenters. The Kier molecular flexibility index (Phi) is 4.59. The van der Waals surface area contributed by atoms with Gasteiger partial charge in [-0.05, 0) is 48.9 Å². The van der Waals surface area contributed by atoms with Gasteiger partial charge in [0.25, 0.3) is 11.8 Å². The van der Waals surface area contributed by atoms with Crippen LogP contribution >= 0.6 is 0 Å². The zero-order valence-corrected chi connectivity index (χ0v) is 15.0. The van der Waals surface area contributed by atoms with E-state index < -0.39 is 0 Å². The zero-order chi connectivity index (χ0) is 19.5. The summed E-state index contributed by atoms with van der Waals surface area (Å²) < 4.78 is 5.09. The van der Waals surface area contributed by atoms with Gasteiger partial charge in [0.05, 0.1) is 18.3 Å². The fourth-order valence-corrected chi connectivity index (χ4v) is 2.73. The van der Waals surface area contributed by atoms with Gasteiger partial charge in [0.2, 0.25) is 0 Å². The Labute approximate surface area is 160 Å². The number of amides is 2. The van der Waals surface area contributed by atoms with Crippen molar-refractivity contribution in [3.63, 3.8) is 0 Å². The summed E-state index contributed by atoms with van der Waals surface area (Å²) in [6.07, 6.45) is 3.09. The number of carbonyl (C=O) groups is 2. The minimum atomic E-state index is -0.375. The van der Waals surface area contributed by atoms with E-state index in [0.29, 0.717) is 22.7 Å². The third-order valence-corrected chi connectivity index (χ3v) is 4.22. The molecule has 3 aromatic heterocycles. The fraction of sp³-hybridized carbons (Fsp3) is 0.100. The predicted molar refractivity (Wildman–Crippen MR) is 103 cm³/mol. The molecule has 1 aromatic carbocycles. The summed E-state index contributed by atoms with van der Waals surface area (Å²) in [5.41, 5.74) is 3.21. The lowest BCUT2D eigenvalue weighted by molar-refractivity contribution is 0.0948. The van der Waals surface area contributed by atoms with Crippen molar-refractivity contribution in [1.82, 2.24) is 20.3 Å². The fourth-order valence-electron chi connectivity index (χ4n) is 2.73. The third kappa shape index (κ3) is 3.61. The highest BCUT2D eigenvalue weighted by Crippen LogP contribution is 2.18. The smallest absolute Gasteiger partial charge is 0.291 e. The minimum absolute atomic E-state index is 0.202. The monoisotopic (exact) mass is 375 g/mol. The van der Waals surface area contributed by atoms with Gasteiger partial charge in [0.1, 0.15) is 5.82 Å². The van der Waals surface area contributed by atoms with Gasteiger partial charge in [-0.1, -0.05) is 6.07 Å². The van der Waals surface area contributed by atoms with Crippen LogP contribution in [0.3, 0.4) is 0 Å². The van der Waals surface area contributed by atoms with E-state index in [1.165, 1.54) is 6.26 Å². The zero-order valence-electron chi connectivity index (χ0n) is 15.0. The number of aromatic amines is 1. The van der Waals surface area contributed by atoms with Gasteiger partial charge in [0.15, 0.2) is 11.4 Å². The number of benzene rings is 1. The molecule has 3 N–H and O–H groups in total. The first-order valence-electron chi connectivity index (χ1n) is 8.63. The first-order valence-corrected chi connectivity index (χ1v) is 8.63. The van der Waals surface area contributed by atoms with E-state index in [-0.39, 0.29) is 24.1 Å². The molecule has 0 saturated heterocycles. The molecule has 8 nitrogen and oxygen atoms in total. The number of rotatable bonds is 5. The van der Waals surface area contributed by atoms with Crippen LogP contribution in [-0.2, 0) is 6.54 Å². The molecule has 2 amide bonds. The second-order valence-corrected chi connectivity index (χ2v) is 6.20. The summed E-state index contributed by atoms with van der Waals surface area (Å²) in [6, 6.07) is 12.0. The number of carbonyl (C=O) groups excluding carboxylic acids is 2. The van der Waals surface area contributed by atoms with E-state index in [0.717, 1.165) is 11.1 Å². The van der Waals surface area contributed by atoms with Crippen molar-refractivity contribution < 1.29 is 14.0 Å². The highest BCUT2D eigenvalue weighted by molar-refractivity contribution is 6.03. The van der Waals surface area contributed by atoms with Gasteiger partial charge in [-0.25, -0.2) is 9.97 Å². The number of hydrogen-bond donors (Lipinski definition) is 3. The number of aromatic nitrogens is 3. The lowest BCUT2D eigenvalue weighted by atomic mass is 10.1. The molecule has 0 aliphatic carbocycles. The third-order valence-electron chi connectivity index (χ3n) is 4.22. The van der Waals surface area contributed by atoms with Crippen LogP contribution in [0.2, 0.25) is 0 Å². The van der Waals surface area contributed by atoms with E-state index in [1.807, 2.05) is 19.1 Å². The Hall–Kier alpha value is -3.94. The number of nitrogens with one attached hydrogen (secondary N) is 3. The lowest BCUT2D eigenvalue weighted by Gasteiger charge is -2.10. The summed E-state index contributed by atoms with van der Waals surface area (Å²) in [7, 11) is 0. The van der Waals surface area contributed by atoms with Gasteiger partial charge in [-0.3, -0.25) is 9.59 Å². The van der Waals surface area contributed by atoms with Crippen molar-refractivity contribution in [2.45, 2.75) is 13.5 Å². The second kappa shape index (κ2) is 7.36. The number of pyridine rings is 1. The minimum Gasteiger partial charge on any atom is -0.459 e. The van der Waals surface area contributed by atoms with Crippen LogP contribution in [0.1, 0.15) is 32.3 Å². The molecule has 0 aliphatic heterocycles. The topological polar surface area (TPSA) is 113 Å². The van der Waals surface area contributed by atoms with Gasteiger partial charge >= 0.3 is 0 Å². The number of hydrogen-bond acceptors (Lipinski definition) is 5. The number of fused-ring (bicyclic) bond motifs is 1. The van der Waals surface area contributed by atoms with Crippen LogP contribution in [0.5, 0.6) is 0 Å². The molecule has 140 valence electrons. The molecular formula is C20H17N5O3. The van der Waals surface area contributed by atoms with Gasteiger partial charge in [0, 0.05) is 17.4 Å². The van der Waals surface area contributed by atoms with Crippen LogP contribution in [-0.4, -0.2) is 26.8 Å². The predicted octanol–water partition coefficient (Wildman–Crippen LogP) is 3.04. The Balaban J connectivity index is 1.45. The largest absolute Gasteiger partial charge is 0.459 e. The van der Waals surface area contributed by atoms with Crippen molar-refractivity contribution >= 4 is 28.7 Å². The van der Waals surface area contributed by atoms with E-state index in [9.17, 15) is 9.59 Å². The summed E-state index contributed by atoms with van der Waals surface area (Å²) >= 11 is 0. The number of anilines is 1. The Morgan fingerprint density at radius 2 is 2.04 bits per heavy atom. The standard InChI is InChI=1S/C20H17N5O3/c1-12-6-7-13(10-15(12)24-20(27)16-5-3-9-28-16)19(26)22-11-17-23-14-4-2-8-21-18(14)25-17/h2-10H,11H2,1H3,(H,22,26)(H,24,27)(H,21,23,25). The highest BCUT2D eigenvalue weighted by Gasteiger charge is 2.13. The van der Waals surface area contributed by atoms with Crippen LogP contribution in [0.4, 0.5) is 5.69 Å². The Morgan fingerprint density at radius 1 is 1.14 bits per heavy atom. The molecule has 0 spiro atoms. The van der Waals surface area contributed by atoms with Crippen LogP contribution in [0.15, 0.2) is 59.3 Å². The number of H-pyrrole nitrogens is 1. The van der Waals surface area contributed by atoms with Crippen LogP contribution < -0.4 is 10.6 Å². The number of aryl methyl sites for hydroxylation is 1. The highest BCUT2D eigenvalue weighted by atomic mass is 16.3. The van der Waals surface area contributed by atoms with E-state index in [4.69, 9.17) is 4.42 Å². The quantitative estimate of drug-likeness (QED) is 0.496. The van der Waals surface area contributed by atoms with Crippen molar-refractivity contribution in [2.24, 2.45) is 0 Å². The molecule has 28 heavy (non-hydrogen) atoms. The van der Waals surface area contributed by atoms with Crippen molar-refractivity contribution in [3.05, 3.63) is 77.6 Å². The Morgan fingerprint density at radius 3 is 2.82 bits per heavy atom. The maximum Gasteiger partial charge on any atom is 0.291 e. The maximum absolute atomic E-state index is 12.5. The average molecular weight is 375 g/mol. The maximum atomic E-state index is 12.5. The molecule has 0 fully saturated rings. The summed E-state index contributed by atoms with van der Waals surface area (Å²) in [6.45, 7) is 2.08. The molecule has 0 aliphatic rings. The van der Waals surface area contributed by atoms with E-state index >= 15 is 0 Å². The number of nitrogens with zero attached hydrogens (tertiary/aromatic N) is 2. The molecule has 4 aromatic rings. The number of imidazole rings is 1. The average Bonchev–Trinajstić information content (AvgIpc) is 3.37. The first-order chi connectivity index (χ1) is 13.6. The summed E-state index contributed by atoms with van der Waals surface area (Å²) in [5.74, 6) is 0.163. The van der Waals surface area contributed by atoms with Crippen molar-refractivity contribution in [3.8, 4) is 0 Å². The molecule has 8 heteroatoms. The summed E-state index contributed by atoms with van der Waals surface area (Å²) in [5, 5.41) is 5.57. The molecule has 4 rings (SSSR count). The molecule has 0 unspecified atom stereocenters. The molecule has 0 radical (unpaired) electrons. The van der Waals surface area contributed by atoms with Gasteiger partial charge in [-0.15, -0.1) is 0 Å². The molecule has 0 bridgehead atoms. The van der Waals surface area contributed by atoms with Crippen molar-refractivity contribution in [2.75, 3.05) is 5.32 Å². The lowest BCUT2D eigenvalue weighted by Crippen LogP contribution is -2.23. The number of furan rings is 1. The second-order valence-electron chi connectivity index (χ2n) is 6.20. The van der Waals surface area contributed by atoms with Gasteiger partial charge < -0.3 is 20.0 Å². The van der Waals surface area contributed by atoms with Crippen LogP contribution in [0, 0.1) is 6.92 Å². The van der Waals surface area contributed by atoms with Gasteiger partial charge in [-0.2, -0.15) is 0 Å². The molecular weight excluding hydrogens is 358 g/mol. The van der Waals surface area contributed by atoms with E-state index in [2.05, 4.69) is 25.6 Å². The Bertz CT molecular complexity index is 1110. The summed E-state index contributed by atoms with van der Waals surface area (Å²) in [4.78, 5) is 36.3.